The molecule has 12 heteroatoms. The molecule has 1 aliphatic rings. The first kappa shape index (κ1) is 38.1. The molecule has 2 heterocycles. The third-order valence-corrected chi connectivity index (χ3v) is 13.7. The van der Waals surface area contributed by atoms with E-state index in [0.717, 1.165) is 17.2 Å². The minimum Gasteiger partial charge on any atom is -0.444 e. The maximum atomic E-state index is 14.5. The third kappa shape index (κ3) is 7.16. The number of amides is 1. The van der Waals surface area contributed by atoms with Crippen molar-refractivity contribution >= 4 is 46.1 Å². The quantitative estimate of drug-likeness (QED) is 0.119. The fourth-order valence-electron chi connectivity index (χ4n) is 6.68. The van der Waals surface area contributed by atoms with E-state index in [4.69, 9.17) is 14.5 Å². The Morgan fingerprint density at radius 2 is 1.82 bits per heavy atom. The Labute approximate surface area is 303 Å². The van der Waals surface area contributed by atoms with E-state index in [9.17, 15) is 18.5 Å². The molecule has 0 spiro atoms. The second-order valence-corrected chi connectivity index (χ2v) is 24.2. The van der Waals surface area contributed by atoms with Crippen LogP contribution in [0.3, 0.4) is 0 Å². The fraction of sp³-hybridized carbons (Fsp3) is 0.462. The molecule has 2 aromatic carbocycles. The van der Waals surface area contributed by atoms with Crippen molar-refractivity contribution in [1.82, 2.24) is 18.4 Å². The number of aryl methyl sites for hydroxylation is 1. The van der Waals surface area contributed by atoms with E-state index in [0.29, 0.717) is 51.9 Å². The highest BCUT2D eigenvalue weighted by Gasteiger charge is 2.45. The maximum absolute atomic E-state index is 14.5. The van der Waals surface area contributed by atoms with Crippen molar-refractivity contribution in [3.05, 3.63) is 88.9 Å². The van der Waals surface area contributed by atoms with Crippen LogP contribution in [-0.2, 0) is 31.8 Å². The number of carbonyl (C=O) groups excluding carboxylic acids is 1. The Balaban J connectivity index is 1.79. The van der Waals surface area contributed by atoms with Crippen molar-refractivity contribution in [1.29, 1.82) is 5.26 Å². The summed E-state index contributed by atoms with van der Waals surface area (Å²) in [7, 11) is -3.66. The first-order valence-electron chi connectivity index (χ1n) is 17.3. The molecule has 4 aromatic rings. The number of hydrogen-bond donors (Lipinski definition) is 0. The largest absolute Gasteiger partial charge is 0.444 e. The number of ether oxygens (including phenoxy) is 2. The van der Waals surface area contributed by atoms with Gasteiger partial charge >= 0.3 is 6.09 Å². The Bertz CT molecular complexity index is 2210. The summed E-state index contributed by atoms with van der Waals surface area (Å²) in [4.78, 5) is 20.7. The summed E-state index contributed by atoms with van der Waals surface area (Å²) in [6, 6.07) is 14.1. The number of nitrogens with zero attached hydrogens (tertiary/aromatic N) is 5. The summed E-state index contributed by atoms with van der Waals surface area (Å²) in [5, 5.41) is 10.5. The summed E-state index contributed by atoms with van der Waals surface area (Å²) in [5.74, 6) is 0.484. The lowest BCUT2D eigenvalue weighted by Crippen LogP contribution is -2.49. The van der Waals surface area contributed by atoms with Gasteiger partial charge in [-0.3, -0.25) is 4.90 Å². The molecule has 5 rings (SSSR count). The zero-order valence-electron chi connectivity index (χ0n) is 31.8. The Hall–Kier alpha value is -4.18. The molecule has 2 aromatic heterocycles. The molecule has 272 valence electrons. The van der Waals surface area contributed by atoms with Gasteiger partial charge in [0, 0.05) is 33.3 Å². The lowest BCUT2D eigenvalue weighted by atomic mass is 9.86. The SMILES string of the molecule is CC1=CC(C)(S(=O)(=O)n2ccc3c(C(C)(c4nc5ccc(C#N)cc5n4COCC[Si](C)(C)C)N(C)C(=O)OC(C)(C)C)ccc(C)c32)CC=C1. The molecule has 0 bridgehead atoms. The monoisotopic (exact) mass is 729 g/mol. The molecule has 10 nitrogen and oxygen atoms in total. The van der Waals surface area contributed by atoms with Gasteiger partial charge in [0.05, 0.1) is 28.2 Å². The molecule has 0 radical (unpaired) electrons. The number of carbonyl (C=O) groups is 1. The molecule has 0 saturated carbocycles. The molecule has 0 aliphatic heterocycles. The van der Waals surface area contributed by atoms with Crippen molar-refractivity contribution in [3.8, 4) is 6.07 Å². The average molecular weight is 730 g/mol. The van der Waals surface area contributed by atoms with E-state index in [1.807, 2.05) is 76.5 Å². The van der Waals surface area contributed by atoms with E-state index in [2.05, 4.69) is 25.7 Å². The van der Waals surface area contributed by atoms with Crippen LogP contribution in [0.15, 0.2) is 66.4 Å². The fourth-order valence-corrected chi connectivity index (χ4v) is 9.24. The second kappa shape index (κ2) is 13.4. The topological polar surface area (TPSA) is 119 Å². The van der Waals surface area contributed by atoms with Gasteiger partial charge in [0.15, 0.2) is 0 Å². The van der Waals surface area contributed by atoms with Crippen molar-refractivity contribution in [2.24, 2.45) is 0 Å². The van der Waals surface area contributed by atoms with Crippen LogP contribution in [0.25, 0.3) is 21.9 Å². The number of aromatic nitrogens is 3. The van der Waals surface area contributed by atoms with E-state index in [-0.39, 0.29) is 6.73 Å². The predicted octanol–water partition coefficient (Wildman–Crippen LogP) is 8.46. The van der Waals surface area contributed by atoms with Crippen molar-refractivity contribution in [3.63, 3.8) is 0 Å². The first-order valence-corrected chi connectivity index (χ1v) is 22.5. The minimum atomic E-state index is -3.94. The summed E-state index contributed by atoms with van der Waals surface area (Å²) >= 11 is 0. The van der Waals surface area contributed by atoms with Crippen LogP contribution in [0.5, 0.6) is 0 Å². The van der Waals surface area contributed by atoms with Crippen molar-refractivity contribution < 1.29 is 22.7 Å². The third-order valence-electron chi connectivity index (χ3n) is 9.69. The van der Waals surface area contributed by atoms with Crippen LogP contribution in [0.1, 0.15) is 70.5 Å². The van der Waals surface area contributed by atoms with Crippen molar-refractivity contribution in [2.75, 3.05) is 13.7 Å². The summed E-state index contributed by atoms with van der Waals surface area (Å²) in [5.41, 5.74) is 2.52. The van der Waals surface area contributed by atoms with Gasteiger partial charge in [-0.2, -0.15) is 5.26 Å². The smallest absolute Gasteiger partial charge is 0.411 e. The van der Waals surface area contributed by atoms with Gasteiger partial charge in [-0.1, -0.05) is 55.6 Å². The zero-order valence-corrected chi connectivity index (χ0v) is 33.6. The Kier molecular flexibility index (Phi) is 10.0. The van der Waals surface area contributed by atoms with Crippen LogP contribution in [0, 0.1) is 18.3 Å². The number of benzene rings is 2. The van der Waals surface area contributed by atoms with Gasteiger partial charge in [-0.15, -0.1) is 0 Å². The van der Waals surface area contributed by atoms with Crippen LogP contribution in [0.2, 0.25) is 25.7 Å². The maximum Gasteiger partial charge on any atom is 0.411 e. The zero-order chi connectivity index (χ0) is 37.7. The predicted molar refractivity (Wildman–Crippen MR) is 206 cm³/mol. The molecular formula is C39H51N5O5SSi. The number of rotatable bonds is 10. The van der Waals surface area contributed by atoms with Gasteiger partial charge in [0.1, 0.15) is 28.4 Å². The lowest BCUT2D eigenvalue weighted by Gasteiger charge is -2.40. The Morgan fingerprint density at radius 3 is 2.45 bits per heavy atom. The lowest BCUT2D eigenvalue weighted by molar-refractivity contribution is 0.0104. The summed E-state index contributed by atoms with van der Waals surface area (Å²) < 4.78 is 43.4. The normalized spacial score (nSPS) is 18.0. The van der Waals surface area contributed by atoms with Crippen LogP contribution in [-0.4, -0.2) is 65.0 Å². The van der Waals surface area contributed by atoms with Gasteiger partial charge in [0.2, 0.25) is 10.0 Å². The number of hydrogen-bond acceptors (Lipinski definition) is 7. The van der Waals surface area contributed by atoms with E-state index in [1.54, 1.807) is 44.4 Å². The molecule has 1 amide bonds. The molecule has 1 aliphatic carbocycles. The van der Waals surface area contributed by atoms with Crippen LogP contribution < -0.4 is 0 Å². The second-order valence-electron chi connectivity index (χ2n) is 16.3. The number of fused-ring (bicyclic) bond motifs is 2. The average Bonchev–Trinajstić information content (AvgIpc) is 3.64. The molecular weight excluding hydrogens is 679 g/mol. The van der Waals surface area contributed by atoms with Crippen LogP contribution >= 0.6 is 0 Å². The van der Waals surface area contributed by atoms with E-state index < -0.39 is 40.1 Å². The molecule has 0 saturated heterocycles. The molecule has 2 atom stereocenters. The molecule has 2 unspecified atom stereocenters. The van der Waals surface area contributed by atoms with Gasteiger partial charge in [0.25, 0.3) is 0 Å². The highest BCUT2D eigenvalue weighted by atomic mass is 32.2. The van der Waals surface area contributed by atoms with Crippen LogP contribution in [0.4, 0.5) is 4.79 Å². The van der Waals surface area contributed by atoms with Gasteiger partial charge in [-0.05, 0) is 96.3 Å². The van der Waals surface area contributed by atoms with Gasteiger partial charge < -0.3 is 14.0 Å². The molecule has 0 N–H and O–H groups in total. The van der Waals surface area contributed by atoms with E-state index >= 15 is 0 Å². The highest BCUT2D eigenvalue weighted by Crippen LogP contribution is 2.43. The first-order chi connectivity index (χ1) is 23.6. The molecule has 51 heavy (non-hydrogen) atoms. The minimum absolute atomic E-state index is 0.130. The number of allylic oxidation sites excluding steroid dienone is 3. The standard InChI is InChI=1S/C39H51N5O5SSi/c1-27-13-12-19-38(6,24-27)50(46,47)44-20-18-30-31(16-14-28(2)34(30)44)39(7,42(8)36(45)49-37(3,4)5)35-41-32-17-15-29(25-40)23-33(32)43(35)26-48-21-22-51(9,10)11/h12-18,20,23-24H,19,21-22,26H2,1-11H3. The number of imidazole rings is 1. The number of nitriles is 1. The van der Waals surface area contributed by atoms with Crippen molar-refractivity contribution in [2.45, 2.75) is 103 Å². The Morgan fingerprint density at radius 1 is 1.12 bits per heavy atom. The van der Waals surface area contributed by atoms with Gasteiger partial charge in [-0.25, -0.2) is 22.2 Å². The summed E-state index contributed by atoms with van der Waals surface area (Å²) in [6.07, 6.45) is 7.03. The highest BCUT2D eigenvalue weighted by molar-refractivity contribution is 7.91. The summed E-state index contributed by atoms with van der Waals surface area (Å²) in [6.45, 7) is 20.4. The molecule has 0 fully saturated rings. The van der Waals surface area contributed by atoms with E-state index in [1.165, 1.54) is 8.87 Å².